The average molecular weight is 246 g/mol. The fourth-order valence-electron chi connectivity index (χ4n) is 1.42. The van der Waals surface area contributed by atoms with Crippen LogP contribution in [0, 0.1) is 0 Å². The van der Waals surface area contributed by atoms with E-state index in [9.17, 15) is 13.2 Å². The molecule has 5 nitrogen and oxygen atoms in total. The molecule has 1 aromatic heterocycles. The summed E-state index contributed by atoms with van der Waals surface area (Å²) < 4.78 is 25.6. The van der Waals surface area contributed by atoms with Crippen molar-refractivity contribution < 1.29 is 8.42 Å². The van der Waals surface area contributed by atoms with E-state index in [2.05, 4.69) is 0 Å². The van der Waals surface area contributed by atoms with E-state index in [1.165, 1.54) is 4.57 Å². The van der Waals surface area contributed by atoms with Gasteiger partial charge in [0, 0.05) is 31.2 Å². The highest BCUT2D eigenvalue weighted by Gasteiger charge is 2.09. The summed E-state index contributed by atoms with van der Waals surface area (Å²) in [5, 5.41) is 0. The predicted molar refractivity (Wildman–Crippen MR) is 63.3 cm³/mol. The summed E-state index contributed by atoms with van der Waals surface area (Å²) in [7, 11) is -3.01. The third kappa shape index (κ3) is 3.23. The van der Waals surface area contributed by atoms with Gasteiger partial charge in [-0.25, -0.2) is 13.2 Å². The Bertz CT molecular complexity index is 484. The highest BCUT2D eigenvalue weighted by molar-refractivity contribution is 7.91. The molecule has 0 atom stereocenters. The number of nitrogens with zero attached hydrogens (tertiary/aromatic N) is 2. The van der Waals surface area contributed by atoms with Crippen LogP contribution in [-0.4, -0.2) is 29.1 Å². The average Bonchev–Trinajstić information content (AvgIpc) is 2.59. The lowest BCUT2D eigenvalue weighted by atomic mass is 10.5. The molecule has 1 rings (SSSR count). The Morgan fingerprint density at radius 3 is 2.19 bits per heavy atom. The highest BCUT2D eigenvalue weighted by atomic mass is 32.2. The van der Waals surface area contributed by atoms with Crippen molar-refractivity contribution in [2.75, 3.05) is 11.5 Å². The van der Waals surface area contributed by atoms with Gasteiger partial charge in [-0.2, -0.15) is 0 Å². The monoisotopic (exact) mass is 246 g/mol. The molecular formula is C10H18N2O3S. The Balaban J connectivity index is 2.73. The Labute approximate surface area is 95.6 Å². The topological polar surface area (TPSA) is 61.1 Å². The quantitative estimate of drug-likeness (QED) is 0.734. The van der Waals surface area contributed by atoms with Gasteiger partial charge >= 0.3 is 5.69 Å². The molecular weight excluding hydrogens is 228 g/mol. The molecule has 0 aromatic carbocycles. The molecule has 0 unspecified atom stereocenters. The van der Waals surface area contributed by atoms with Crippen molar-refractivity contribution in [1.29, 1.82) is 0 Å². The van der Waals surface area contributed by atoms with Crippen molar-refractivity contribution in [3.8, 4) is 0 Å². The third-order valence-electron chi connectivity index (χ3n) is 2.47. The van der Waals surface area contributed by atoms with E-state index in [1.807, 2.05) is 6.92 Å². The van der Waals surface area contributed by atoms with Gasteiger partial charge in [-0.3, -0.25) is 9.13 Å². The van der Waals surface area contributed by atoms with E-state index >= 15 is 0 Å². The third-order valence-corrected chi connectivity index (χ3v) is 4.15. The van der Waals surface area contributed by atoms with Gasteiger partial charge in [0.1, 0.15) is 0 Å². The Morgan fingerprint density at radius 2 is 1.69 bits per heavy atom. The first kappa shape index (κ1) is 13.0. The second-order valence-electron chi connectivity index (χ2n) is 3.70. The van der Waals surface area contributed by atoms with Gasteiger partial charge < -0.3 is 0 Å². The summed E-state index contributed by atoms with van der Waals surface area (Å²) in [5.41, 5.74) is -0.131. The minimum Gasteiger partial charge on any atom is -0.299 e. The summed E-state index contributed by atoms with van der Waals surface area (Å²) in [4.78, 5) is 11.7. The SMILES string of the molecule is CCCn1ccn(CCS(=O)(=O)CC)c1=O. The normalized spacial score (nSPS) is 11.9. The van der Waals surface area contributed by atoms with Crippen molar-refractivity contribution in [2.45, 2.75) is 33.4 Å². The number of aromatic nitrogens is 2. The minimum absolute atomic E-state index is 0.0273. The van der Waals surface area contributed by atoms with Crippen LogP contribution in [0.4, 0.5) is 0 Å². The first-order valence-electron chi connectivity index (χ1n) is 5.46. The Morgan fingerprint density at radius 1 is 1.12 bits per heavy atom. The summed E-state index contributed by atoms with van der Waals surface area (Å²) in [6, 6.07) is 0. The lowest BCUT2D eigenvalue weighted by molar-refractivity contribution is 0.582. The molecule has 0 radical (unpaired) electrons. The first-order chi connectivity index (χ1) is 7.50. The molecule has 0 bridgehead atoms. The van der Waals surface area contributed by atoms with Crippen LogP contribution < -0.4 is 5.69 Å². The zero-order valence-electron chi connectivity index (χ0n) is 9.72. The van der Waals surface area contributed by atoms with E-state index in [1.54, 1.807) is 23.9 Å². The van der Waals surface area contributed by atoms with Gasteiger partial charge in [0.15, 0.2) is 9.84 Å². The molecule has 1 heterocycles. The second-order valence-corrected chi connectivity index (χ2v) is 6.18. The van der Waals surface area contributed by atoms with Crippen LogP contribution in [0.3, 0.4) is 0 Å². The second kappa shape index (κ2) is 5.34. The van der Waals surface area contributed by atoms with Crippen LogP contribution in [0.1, 0.15) is 20.3 Å². The molecule has 0 spiro atoms. The number of imidazole rings is 1. The largest absolute Gasteiger partial charge is 0.328 e. The standard InChI is InChI=1S/C10H18N2O3S/c1-3-5-11-6-7-12(10(11)13)8-9-16(14,15)4-2/h6-7H,3-5,8-9H2,1-2H3. The fourth-order valence-corrected chi connectivity index (χ4v) is 2.18. The predicted octanol–water partition coefficient (Wildman–Crippen LogP) is 0.494. The number of aryl methyl sites for hydroxylation is 2. The van der Waals surface area contributed by atoms with Crippen LogP contribution in [0.25, 0.3) is 0 Å². The minimum atomic E-state index is -3.01. The van der Waals surface area contributed by atoms with Gasteiger partial charge in [0.05, 0.1) is 5.75 Å². The zero-order chi connectivity index (χ0) is 12.2. The zero-order valence-corrected chi connectivity index (χ0v) is 10.5. The fraction of sp³-hybridized carbons (Fsp3) is 0.700. The molecule has 0 fully saturated rings. The maximum absolute atomic E-state index is 11.7. The molecule has 0 N–H and O–H groups in total. The number of sulfone groups is 1. The van der Waals surface area contributed by atoms with Gasteiger partial charge in [-0.1, -0.05) is 13.8 Å². The Kier molecular flexibility index (Phi) is 4.35. The lowest BCUT2D eigenvalue weighted by Gasteiger charge is -2.02. The maximum atomic E-state index is 11.7. The molecule has 0 saturated heterocycles. The number of hydrogen-bond donors (Lipinski definition) is 0. The van der Waals surface area contributed by atoms with Crippen molar-refractivity contribution in [1.82, 2.24) is 9.13 Å². The summed E-state index contributed by atoms with van der Waals surface area (Å²) in [6.07, 6.45) is 4.23. The van der Waals surface area contributed by atoms with Crippen LogP contribution in [0.5, 0.6) is 0 Å². The van der Waals surface area contributed by atoms with Crippen LogP contribution in [0.2, 0.25) is 0 Å². The van der Waals surface area contributed by atoms with Crippen LogP contribution in [-0.2, 0) is 22.9 Å². The highest BCUT2D eigenvalue weighted by Crippen LogP contribution is 1.93. The summed E-state index contributed by atoms with van der Waals surface area (Å²) in [6.45, 7) is 4.52. The molecule has 0 aliphatic rings. The summed E-state index contributed by atoms with van der Waals surface area (Å²) >= 11 is 0. The van der Waals surface area contributed by atoms with Crippen LogP contribution in [0.15, 0.2) is 17.2 Å². The van der Waals surface area contributed by atoms with E-state index in [0.717, 1.165) is 6.42 Å². The van der Waals surface area contributed by atoms with E-state index in [0.29, 0.717) is 6.54 Å². The first-order valence-corrected chi connectivity index (χ1v) is 7.28. The molecule has 6 heteroatoms. The molecule has 0 aliphatic heterocycles. The van der Waals surface area contributed by atoms with Crippen molar-refractivity contribution in [3.05, 3.63) is 22.9 Å². The van der Waals surface area contributed by atoms with Gasteiger partial charge in [-0.15, -0.1) is 0 Å². The van der Waals surface area contributed by atoms with Gasteiger partial charge in [0.2, 0.25) is 0 Å². The van der Waals surface area contributed by atoms with Crippen molar-refractivity contribution in [2.24, 2.45) is 0 Å². The number of hydrogen-bond acceptors (Lipinski definition) is 3. The van der Waals surface area contributed by atoms with Crippen molar-refractivity contribution in [3.63, 3.8) is 0 Å². The van der Waals surface area contributed by atoms with E-state index in [-0.39, 0.29) is 23.7 Å². The van der Waals surface area contributed by atoms with E-state index < -0.39 is 9.84 Å². The van der Waals surface area contributed by atoms with Gasteiger partial charge in [0.25, 0.3) is 0 Å². The molecule has 92 valence electrons. The lowest BCUT2D eigenvalue weighted by Crippen LogP contribution is -2.26. The van der Waals surface area contributed by atoms with E-state index in [4.69, 9.17) is 0 Å². The maximum Gasteiger partial charge on any atom is 0.328 e. The molecule has 16 heavy (non-hydrogen) atoms. The van der Waals surface area contributed by atoms with Gasteiger partial charge in [-0.05, 0) is 6.42 Å². The molecule has 1 aromatic rings. The smallest absolute Gasteiger partial charge is 0.299 e. The van der Waals surface area contributed by atoms with Crippen molar-refractivity contribution >= 4 is 9.84 Å². The summed E-state index contributed by atoms with van der Waals surface area (Å²) in [5.74, 6) is 0.150. The van der Waals surface area contributed by atoms with Crippen LogP contribution >= 0.6 is 0 Å². The molecule has 0 saturated carbocycles. The number of rotatable bonds is 6. The molecule has 0 amide bonds. The Hall–Kier alpha value is -1.04. The molecule has 0 aliphatic carbocycles.